The molecule has 1 aromatic rings. The van der Waals surface area contributed by atoms with Crippen LogP contribution in [0.15, 0.2) is 33.6 Å². The number of benzene rings is 1. The Bertz CT molecular complexity index is 717. The molecule has 0 bridgehead atoms. The number of amides is 1. The molecule has 2 rings (SSSR count). The number of terminal acetylenes is 1. The highest BCUT2D eigenvalue weighted by molar-refractivity contribution is 7.90. The minimum absolute atomic E-state index is 0.0234. The summed E-state index contributed by atoms with van der Waals surface area (Å²) in [4.78, 5) is 13.2. The highest BCUT2D eigenvalue weighted by Crippen LogP contribution is 2.26. The SMILES string of the molecule is C#CCNC(=O)CN(C)C1=NS(=O)(=O)c2ccccc21. The summed E-state index contributed by atoms with van der Waals surface area (Å²) in [5.41, 5.74) is 0.500. The molecule has 7 heteroatoms. The smallest absolute Gasteiger partial charge is 0.285 e. The van der Waals surface area contributed by atoms with E-state index in [0.29, 0.717) is 5.56 Å². The van der Waals surface area contributed by atoms with Gasteiger partial charge in [-0.2, -0.15) is 8.42 Å². The van der Waals surface area contributed by atoms with E-state index >= 15 is 0 Å². The zero-order valence-electron chi connectivity index (χ0n) is 10.8. The number of carbonyl (C=O) groups is 1. The maximum absolute atomic E-state index is 11.9. The Morgan fingerprint density at radius 2 is 2.15 bits per heavy atom. The molecule has 6 nitrogen and oxygen atoms in total. The monoisotopic (exact) mass is 291 g/mol. The molecule has 1 aliphatic heterocycles. The third kappa shape index (κ3) is 2.65. The van der Waals surface area contributed by atoms with Crippen LogP contribution in [-0.4, -0.2) is 45.2 Å². The van der Waals surface area contributed by atoms with E-state index in [0.717, 1.165) is 0 Å². The van der Waals surface area contributed by atoms with E-state index in [4.69, 9.17) is 6.42 Å². The van der Waals surface area contributed by atoms with Gasteiger partial charge in [0.25, 0.3) is 10.0 Å². The Labute approximate surface area is 117 Å². The van der Waals surface area contributed by atoms with Crippen LogP contribution < -0.4 is 5.32 Å². The van der Waals surface area contributed by atoms with Crippen molar-refractivity contribution in [1.82, 2.24) is 10.2 Å². The Balaban J connectivity index is 2.22. The summed E-state index contributed by atoms with van der Waals surface area (Å²) in [6, 6.07) is 6.51. The summed E-state index contributed by atoms with van der Waals surface area (Å²) < 4.78 is 27.5. The maximum atomic E-state index is 11.9. The molecule has 1 heterocycles. The molecule has 1 aliphatic rings. The van der Waals surface area contributed by atoms with Gasteiger partial charge in [-0.1, -0.05) is 18.1 Å². The van der Waals surface area contributed by atoms with Crippen LogP contribution in [-0.2, 0) is 14.8 Å². The lowest BCUT2D eigenvalue weighted by molar-refractivity contribution is -0.121. The molecule has 0 spiro atoms. The van der Waals surface area contributed by atoms with Gasteiger partial charge in [0.15, 0.2) is 5.84 Å². The maximum Gasteiger partial charge on any atom is 0.285 e. The van der Waals surface area contributed by atoms with Gasteiger partial charge in [-0.05, 0) is 12.1 Å². The molecule has 104 valence electrons. The first-order valence-electron chi connectivity index (χ1n) is 5.81. The number of hydrogen-bond acceptors (Lipinski definition) is 4. The third-order valence-electron chi connectivity index (χ3n) is 2.74. The van der Waals surface area contributed by atoms with Crippen molar-refractivity contribution in [1.29, 1.82) is 0 Å². The fraction of sp³-hybridized carbons (Fsp3) is 0.231. The number of rotatable bonds is 3. The molecule has 1 amide bonds. The summed E-state index contributed by atoms with van der Waals surface area (Å²) in [6.07, 6.45) is 5.05. The zero-order valence-corrected chi connectivity index (χ0v) is 11.6. The fourth-order valence-electron chi connectivity index (χ4n) is 1.86. The predicted octanol–water partition coefficient (Wildman–Crippen LogP) is -0.183. The Hall–Kier alpha value is -2.33. The second kappa shape index (κ2) is 5.35. The lowest BCUT2D eigenvalue weighted by Gasteiger charge is -2.17. The molecule has 0 radical (unpaired) electrons. The van der Waals surface area contributed by atoms with Crippen LogP contribution in [0.5, 0.6) is 0 Å². The first kappa shape index (κ1) is 14.1. The first-order valence-corrected chi connectivity index (χ1v) is 7.25. The van der Waals surface area contributed by atoms with Crippen molar-refractivity contribution in [3.05, 3.63) is 29.8 Å². The summed E-state index contributed by atoms with van der Waals surface area (Å²) in [5, 5.41) is 2.51. The van der Waals surface area contributed by atoms with Crippen molar-refractivity contribution in [2.75, 3.05) is 20.1 Å². The van der Waals surface area contributed by atoms with Crippen LogP contribution in [0.4, 0.5) is 0 Å². The normalized spacial score (nSPS) is 14.9. The molecular formula is C13H13N3O3S. The number of carbonyl (C=O) groups excluding carboxylic acids is 1. The molecule has 0 fully saturated rings. The number of hydrogen-bond donors (Lipinski definition) is 1. The summed E-state index contributed by atoms with van der Waals surface area (Å²) in [6.45, 7) is 0.110. The Morgan fingerprint density at radius 1 is 1.45 bits per heavy atom. The molecule has 1 aromatic carbocycles. The van der Waals surface area contributed by atoms with Gasteiger partial charge in [-0.25, -0.2) is 0 Å². The highest BCUT2D eigenvalue weighted by atomic mass is 32.2. The lowest BCUT2D eigenvalue weighted by atomic mass is 10.2. The van der Waals surface area contributed by atoms with Gasteiger partial charge in [0.1, 0.15) is 4.90 Å². The molecule has 0 aromatic heterocycles. The van der Waals surface area contributed by atoms with E-state index in [1.807, 2.05) is 0 Å². The second-order valence-corrected chi connectivity index (χ2v) is 5.80. The van der Waals surface area contributed by atoms with Gasteiger partial charge in [0.05, 0.1) is 13.1 Å². The van der Waals surface area contributed by atoms with E-state index in [9.17, 15) is 13.2 Å². The standard InChI is InChI=1S/C13H13N3O3S/c1-3-8-14-12(17)9-16(2)13-10-6-4-5-7-11(10)20(18,19)15-13/h1,4-7H,8-9H2,2H3,(H,14,17). The minimum Gasteiger partial charge on any atom is -0.349 e. The summed E-state index contributed by atoms with van der Waals surface area (Å²) >= 11 is 0. The average molecular weight is 291 g/mol. The second-order valence-electron chi connectivity index (χ2n) is 4.22. The number of fused-ring (bicyclic) bond motifs is 1. The number of nitrogens with zero attached hydrogens (tertiary/aromatic N) is 2. The molecule has 1 N–H and O–H groups in total. The van der Waals surface area contributed by atoms with E-state index in [2.05, 4.69) is 15.6 Å². The van der Waals surface area contributed by atoms with Gasteiger partial charge in [0, 0.05) is 12.6 Å². The van der Waals surface area contributed by atoms with Crippen molar-refractivity contribution >= 4 is 21.8 Å². The number of amidine groups is 1. The summed E-state index contributed by atoms with van der Waals surface area (Å²) in [7, 11) is -2.07. The van der Waals surface area contributed by atoms with Gasteiger partial charge in [0.2, 0.25) is 5.91 Å². The van der Waals surface area contributed by atoms with E-state index in [1.165, 1.54) is 11.0 Å². The number of sulfonamides is 1. The predicted molar refractivity (Wildman–Crippen MR) is 74.6 cm³/mol. The molecule has 0 saturated carbocycles. The average Bonchev–Trinajstić information content (AvgIpc) is 2.69. The number of nitrogens with one attached hydrogen (secondary N) is 1. The highest BCUT2D eigenvalue weighted by Gasteiger charge is 2.30. The molecule has 0 atom stereocenters. The van der Waals surface area contributed by atoms with Crippen LogP contribution in [0.3, 0.4) is 0 Å². The number of likely N-dealkylation sites (N-methyl/N-ethyl adjacent to an activating group) is 1. The molecule has 0 unspecified atom stereocenters. The van der Waals surface area contributed by atoms with Crippen LogP contribution in [0.2, 0.25) is 0 Å². The van der Waals surface area contributed by atoms with Crippen molar-refractivity contribution in [3.8, 4) is 12.3 Å². The van der Waals surface area contributed by atoms with Gasteiger partial charge >= 0.3 is 0 Å². The van der Waals surface area contributed by atoms with E-state index in [-0.39, 0.29) is 29.7 Å². The van der Waals surface area contributed by atoms with Crippen molar-refractivity contribution in [2.24, 2.45) is 4.40 Å². The molecule has 0 saturated heterocycles. The van der Waals surface area contributed by atoms with Crippen LogP contribution in [0, 0.1) is 12.3 Å². The van der Waals surface area contributed by atoms with E-state index in [1.54, 1.807) is 25.2 Å². The third-order valence-corrected chi connectivity index (χ3v) is 4.07. The quantitative estimate of drug-likeness (QED) is 0.783. The first-order chi connectivity index (χ1) is 9.45. The van der Waals surface area contributed by atoms with Crippen molar-refractivity contribution in [3.63, 3.8) is 0 Å². The lowest BCUT2D eigenvalue weighted by Crippen LogP contribution is -2.38. The molecule has 0 aliphatic carbocycles. The van der Waals surface area contributed by atoms with Gasteiger partial charge in [-0.15, -0.1) is 10.8 Å². The summed E-state index contributed by atoms with van der Waals surface area (Å²) in [5.74, 6) is 2.26. The Kier molecular flexibility index (Phi) is 3.77. The van der Waals surface area contributed by atoms with Crippen molar-refractivity contribution in [2.45, 2.75) is 4.90 Å². The zero-order chi connectivity index (χ0) is 14.8. The van der Waals surface area contributed by atoms with Crippen LogP contribution in [0.25, 0.3) is 0 Å². The van der Waals surface area contributed by atoms with E-state index < -0.39 is 10.0 Å². The van der Waals surface area contributed by atoms with Gasteiger partial charge in [-0.3, -0.25) is 4.79 Å². The molecular weight excluding hydrogens is 278 g/mol. The van der Waals surface area contributed by atoms with Crippen LogP contribution in [0.1, 0.15) is 5.56 Å². The topological polar surface area (TPSA) is 78.8 Å². The van der Waals surface area contributed by atoms with Crippen LogP contribution >= 0.6 is 0 Å². The molecule has 20 heavy (non-hydrogen) atoms. The van der Waals surface area contributed by atoms with Gasteiger partial charge < -0.3 is 10.2 Å². The van der Waals surface area contributed by atoms with Crippen molar-refractivity contribution < 1.29 is 13.2 Å². The minimum atomic E-state index is -3.67. The fourth-order valence-corrected chi connectivity index (χ4v) is 3.11. The largest absolute Gasteiger partial charge is 0.349 e. The Morgan fingerprint density at radius 3 is 2.85 bits per heavy atom.